The lowest BCUT2D eigenvalue weighted by atomic mass is 10.0. The van der Waals surface area contributed by atoms with Crippen molar-refractivity contribution < 1.29 is 4.74 Å². The van der Waals surface area contributed by atoms with Crippen molar-refractivity contribution in [2.24, 2.45) is 5.84 Å². The van der Waals surface area contributed by atoms with E-state index in [2.05, 4.69) is 20.4 Å². The summed E-state index contributed by atoms with van der Waals surface area (Å²) in [6.45, 7) is 0. The molecule has 1 heterocycles. The van der Waals surface area contributed by atoms with E-state index in [1.807, 2.05) is 0 Å². The molecule has 0 aromatic carbocycles. The van der Waals surface area contributed by atoms with E-state index in [9.17, 15) is 0 Å². The van der Waals surface area contributed by atoms with Crippen LogP contribution in [-0.4, -0.2) is 27.3 Å². The van der Waals surface area contributed by atoms with Crippen LogP contribution >= 0.6 is 11.8 Å². The number of rotatable bonds is 4. The molecule has 3 N–H and O–H groups in total. The number of nitrogens with two attached hydrogens (primary N) is 1. The Morgan fingerprint density at radius 1 is 1.24 bits per heavy atom. The molecule has 0 unspecified atom stereocenters. The summed E-state index contributed by atoms with van der Waals surface area (Å²) in [7, 11) is 1.53. The topological polar surface area (TPSA) is 86.0 Å². The van der Waals surface area contributed by atoms with E-state index in [0.29, 0.717) is 22.4 Å². The molecule has 0 spiro atoms. The number of hydrogen-bond donors (Lipinski definition) is 2. The highest BCUT2D eigenvalue weighted by molar-refractivity contribution is 7.99. The minimum atomic E-state index is 0.297. The zero-order chi connectivity index (χ0) is 12.1. The highest BCUT2D eigenvalue weighted by atomic mass is 32.2. The van der Waals surface area contributed by atoms with Crippen molar-refractivity contribution in [3.05, 3.63) is 0 Å². The molecule has 94 valence electrons. The van der Waals surface area contributed by atoms with Gasteiger partial charge < -0.3 is 4.74 Å². The van der Waals surface area contributed by atoms with E-state index in [1.165, 1.54) is 39.2 Å². The van der Waals surface area contributed by atoms with Gasteiger partial charge in [-0.05, 0) is 12.8 Å². The summed E-state index contributed by atoms with van der Waals surface area (Å²) in [6.07, 6.45) is 6.38. The Kier molecular flexibility index (Phi) is 4.38. The monoisotopic (exact) mass is 255 g/mol. The highest BCUT2D eigenvalue weighted by Crippen LogP contribution is 2.32. The molecule has 17 heavy (non-hydrogen) atoms. The molecule has 0 amide bonds. The predicted octanol–water partition coefficient (Wildman–Crippen LogP) is 1.59. The summed E-state index contributed by atoms with van der Waals surface area (Å²) in [5.41, 5.74) is 2.42. The number of hydrogen-bond acceptors (Lipinski definition) is 7. The van der Waals surface area contributed by atoms with Crippen molar-refractivity contribution in [1.82, 2.24) is 15.0 Å². The Labute approximate surface area is 105 Å². The third kappa shape index (κ3) is 3.44. The lowest BCUT2D eigenvalue weighted by Gasteiger charge is -2.20. The van der Waals surface area contributed by atoms with Crippen LogP contribution in [0.4, 0.5) is 5.95 Å². The number of anilines is 1. The fourth-order valence-electron chi connectivity index (χ4n) is 1.88. The van der Waals surface area contributed by atoms with E-state index in [1.54, 1.807) is 11.8 Å². The first-order chi connectivity index (χ1) is 8.31. The van der Waals surface area contributed by atoms with E-state index < -0.39 is 0 Å². The van der Waals surface area contributed by atoms with Crippen LogP contribution < -0.4 is 16.0 Å². The lowest BCUT2D eigenvalue weighted by molar-refractivity contribution is 0.373. The van der Waals surface area contributed by atoms with Crippen LogP contribution in [-0.2, 0) is 0 Å². The summed E-state index contributed by atoms with van der Waals surface area (Å²) >= 11 is 1.69. The van der Waals surface area contributed by atoms with Crippen LogP contribution in [0.2, 0.25) is 0 Å². The highest BCUT2D eigenvalue weighted by Gasteiger charge is 2.17. The second-order valence-corrected chi connectivity index (χ2v) is 5.22. The number of thioether (sulfide) groups is 1. The van der Waals surface area contributed by atoms with Gasteiger partial charge in [-0.3, -0.25) is 5.43 Å². The fourth-order valence-corrected chi connectivity index (χ4v) is 3.02. The van der Waals surface area contributed by atoms with Gasteiger partial charge in [0.2, 0.25) is 5.95 Å². The average molecular weight is 255 g/mol. The molecule has 7 heteroatoms. The van der Waals surface area contributed by atoms with Crippen LogP contribution in [0.1, 0.15) is 32.1 Å². The van der Waals surface area contributed by atoms with E-state index in [0.717, 1.165) is 0 Å². The van der Waals surface area contributed by atoms with Crippen molar-refractivity contribution in [3.8, 4) is 6.01 Å². The number of nitrogen functional groups attached to an aromatic ring is 1. The molecule has 1 saturated carbocycles. The molecule has 1 fully saturated rings. The first-order valence-electron chi connectivity index (χ1n) is 5.75. The van der Waals surface area contributed by atoms with Crippen LogP contribution in [0.5, 0.6) is 6.01 Å². The molecule has 0 saturated heterocycles. The maximum absolute atomic E-state index is 5.31. The number of hydrazine groups is 1. The third-order valence-corrected chi connectivity index (χ3v) is 3.93. The van der Waals surface area contributed by atoms with Gasteiger partial charge in [-0.25, -0.2) is 5.84 Å². The van der Waals surface area contributed by atoms with Crippen molar-refractivity contribution in [1.29, 1.82) is 0 Å². The van der Waals surface area contributed by atoms with E-state index in [4.69, 9.17) is 10.6 Å². The maximum Gasteiger partial charge on any atom is 0.321 e. The Morgan fingerprint density at radius 2 is 2.00 bits per heavy atom. The average Bonchev–Trinajstić information content (AvgIpc) is 2.39. The molecule has 0 atom stereocenters. The smallest absolute Gasteiger partial charge is 0.321 e. The molecular weight excluding hydrogens is 238 g/mol. The largest absolute Gasteiger partial charge is 0.467 e. The Hall–Kier alpha value is -1.08. The van der Waals surface area contributed by atoms with Gasteiger partial charge in [-0.15, -0.1) is 0 Å². The van der Waals surface area contributed by atoms with Gasteiger partial charge in [-0.1, -0.05) is 31.0 Å². The van der Waals surface area contributed by atoms with Crippen molar-refractivity contribution >= 4 is 17.7 Å². The van der Waals surface area contributed by atoms with Crippen molar-refractivity contribution in [3.63, 3.8) is 0 Å². The van der Waals surface area contributed by atoms with Gasteiger partial charge in [0.05, 0.1) is 7.11 Å². The van der Waals surface area contributed by atoms with Gasteiger partial charge in [-0.2, -0.15) is 15.0 Å². The minimum absolute atomic E-state index is 0.297. The van der Waals surface area contributed by atoms with Gasteiger partial charge in [0.15, 0.2) is 5.16 Å². The zero-order valence-corrected chi connectivity index (χ0v) is 10.7. The molecule has 1 aromatic rings. The number of ether oxygens (including phenoxy) is 1. The molecule has 0 radical (unpaired) electrons. The van der Waals surface area contributed by atoms with Crippen molar-refractivity contribution in [2.75, 3.05) is 12.5 Å². The summed E-state index contributed by atoms with van der Waals surface area (Å²) in [5.74, 6) is 5.65. The Morgan fingerprint density at radius 3 is 2.65 bits per heavy atom. The van der Waals surface area contributed by atoms with Crippen LogP contribution in [0, 0.1) is 0 Å². The second-order valence-electron chi connectivity index (χ2n) is 3.95. The van der Waals surface area contributed by atoms with Crippen molar-refractivity contribution in [2.45, 2.75) is 42.5 Å². The first kappa shape index (κ1) is 12.4. The predicted molar refractivity (Wildman–Crippen MR) is 66.9 cm³/mol. The van der Waals surface area contributed by atoms with Gasteiger partial charge >= 0.3 is 6.01 Å². The fraction of sp³-hybridized carbons (Fsp3) is 0.700. The molecule has 1 aliphatic rings. The molecular formula is C10H17N5OS. The van der Waals surface area contributed by atoms with E-state index in [-0.39, 0.29) is 0 Å². The molecule has 0 aliphatic heterocycles. The quantitative estimate of drug-likeness (QED) is 0.624. The lowest BCUT2D eigenvalue weighted by Crippen LogP contribution is -2.14. The Balaban J connectivity index is 2.07. The van der Waals surface area contributed by atoms with Gasteiger partial charge in [0.25, 0.3) is 0 Å². The van der Waals surface area contributed by atoms with Crippen LogP contribution in [0.25, 0.3) is 0 Å². The Bertz CT molecular complexity index is 347. The summed E-state index contributed by atoms with van der Waals surface area (Å²) in [5, 5.41) is 1.28. The molecule has 1 aromatic heterocycles. The first-order valence-corrected chi connectivity index (χ1v) is 6.63. The summed E-state index contributed by atoms with van der Waals surface area (Å²) in [4.78, 5) is 12.4. The summed E-state index contributed by atoms with van der Waals surface area (Å²) < 4.78 is 5.02. The molecule has 6 nitrogen and oxygen atoms in total. The normalized spacial score (nSPS) is 16.8. The zero-order valence-electron chi connectivity index (χ0n) is 9.85. The van der Waals surface area contributed by atoms with E-state index >= 15 is 0 Å². The standard InChI is InChI=1S/C10H17N5OS/c1-16-9-12-8(15-11)13-10(14-9)17-7-5-3-2-4-6-7/h7H,2-6,11H2,1H3,(H,12,13,14,15). The van der Waals surface area contributed by atoms with Gasteiger partial charge in [0.1, 0.15) is 0 Å². The molecule has 1 aliphatic carbocycles. The number of nitrogens with one attached hydrogen (secondary N) is 1. The maximum atomic E-state index is 5.31. The SMILES string of the molecule is COc1nc(NN)nc(SC2CCCCC2)n1. The van der Waals surface area contributed by atoms with Gasteiger partial charge in [0, 0.05) is 5.25 Å². The number of aromatic nitrogens is 3. The number of methoxy groups -OCH3 is 1. The summed E-state index contributed by atoms with van der Waals surface area (Å²) in [6, 6.07) is 0.297. The minimum Gasteiger partial charge on any atom is -0.467 e. The van der Waals surface area contributed by atoms with Crippen LogP contribution in [0.3, 0.4) is 0 Å². The third-order valence-electron chi connectivity index (χ3n) is 2.73. The number of nitrogens with zero attached hydrogens (tertiary/aromatic N) is 3. The molecule has 0 bridgehead atoms. The molecule has 2 rings (SSSR count). The van der Waals surface area contributed by atoms with Crippen LogP contribution in [0.15, 0.2) is 5.16 Å². The second kappa shape index (κ2) is 6.02.